The van der Waals surface area contributed by atoms with E-state index in [2.05, 4.69) is 5.92 Å². The molecule has 0 bridgehead atoms. The van der Waals surface area contributed by atoms with E-state index in [-0.39, 0.29) is 6.61 Å². The van der Waals surface area contributed by atoms with Gasteiger partial charge < -0.3 is 0 Å². The lowest BCUT2D eigenvalue weighted by Gasteiger charge is -2.02. The summed E-state index contributed by atoms with van der Waals surface area (Å²) in [6.45, 7) is 0.112. The molecule has 0 rings (SSSR count). The fourth-order valence-electron chi connectivity index (χ4n) is 2.27. The second-order valence-corrected chi connectivity index (χ2v) is 5.25. The standard InChI is InChI=1S/C17H31O/c1-2-3-4-5-6-7-8-9-10-11-12-13-14-15-16-17-18/h1H,3-17H2. The summed E-state index contributed by atoms with van der Waals surface area (Å²) in [5.74, 6) is 2.69. The van der Waals surface area contributed by atoms with Gasteiger partial charge in [-0.2, -0.15) is 0 Å². The summed E-state index contributed by atoms with van der Waals surface area (Å²) in [4.78, 5) is 0. The van der Waals surface area contributed by atoms with Gasteiger partial charge in [0.1, 0.15) is 0 Å². The van der Waals surface area contributed by atoms with Crippen LogP contribution >= 0.6 is 0 Å². The Balaban J connectivity index is 2.89. The van der Waals surface area contributed by atoms with Gasteiger partial charge in [0.2, 0.25) is 0 Å². The maximum atomic E-state index is 10.2. The average Bonchev–Trinajstić information content (AvgIpc) is 2.39. The molecule has 0 aliphatic heterocycles. The summed E-state index contributed by atoms with van der Waals surface area (Å²) in [5, 5.41) is 10.2. The number of terminal acetylenes is 1. The maximum Gasteiger partial charge on any atom is 0.0822 e. The number of unbranched alkanes of at least 4 members (excludes halogenated alkanes) is 13. The molecule has 0 atom stereocenters. The highest BCUT2D eigenvalue weighted by Gasteiger charge is 1.93. The van der Waals surface area contributed by atoms with Crippen molar-refractivity contribution in [3.05, 3.63) is 0 Å². The Hall–Kier alpha value is -0.480. The molecule has 0 aromatic rings. The molecule has 0 N–H and O–H groups in total. The van der Waals surface area contributed by atoms with Gasteiger partial charge in [-0.05, 0) is 12.8 Å². The molecule has 0 heterocycles. The van der Waals surface area contributed by atoms with Crippen molar-refractivity contribution < 1.29 is 5.11 Å². The molecule has 0 saturated heterocycles. The van der Waals surface area contributed by atoms with Crippen molar-refractivity contribution in [3.63, 3.8) is 0 Å². The summed E-state index contributed by atoms with van der Waals surface area (Å²) in [5.41, 5.74) is 0. The molecule has 0 amide bonds. The van der Waals surface area contributed by atoms with E-state index in [1.807, 2.05) is 0 Å². The monoisotopic (exact) mass is 251 g/mol. The van der Waals surface area contributed by atoms with Crippen LogP contribution < -0.4 is 0 Å². The Morgan fingerprint density at radius 2 is 0.889 bits per heavy atom. The van der Waals surface area contributed by atoms with Gasteiger partial charge >= 0.3 is 0 Å². The Kier molecular flexibility index (Phi) is 16.1. The van der Waals surface area contributed by atoms with Crippen LogP contribution in [0.1, 0.15) is 89.9 Å². The van der Waals surface area contributed by atoms with Gasteiger partial charge in [0.05, 0.1) is 6.61 Å². The largest absolute Gasteiger partial charge is 0.237 e. The van der Waals surface area contributed by atoms with Crippen molar-refractivity contribution in [1.29, 1.82) is 0 Å². The van der Waals surface area contributed by atoms with Crippen LogP contribution in [0.5, 0.6) is 0 Å². The lowest BCUT2D eigenvalue weighted by atomic mass is 10.0. The van der Waals surface area contributed by atoms with Crippen LogP contribution in [0.25, 0.3) is 0 Å². The number of hydrogen-bond donors (Lipinski definition) is 0. The topological polar surface area (TPSA) is 19.9 Å². The quantitative estimate of drug-likeness (QED) is 0.286. The van der Waals surface area contributed by atoms with Gasteiger partial charge in [0.15, 0.2) is 0 Å². The van der Waals surface area contributed by atoms with Crippen molar-refractivity contribution >= 4 is 0 Å². The van der Waals surface area contributed by atoms with E-state index in [1.54, 1.807) is 0 Å². The fraction of sp³-hybridized carbons (Fsp3) is 0.882. The molecule has 0 aliphatic rings. The predicted octanol–water partition coefficient (Wildman–Crippen LogP) is 5.51. The molecule has 1 heteroatoms. The Bertz CT molecular complexity index is 181. The zero-order valence-corrected chi connectivity index (χ0v) is 12.1. The first kappa shape index (κ1) is 17.5. The highest BCUT2D eigenvalue weighted by atomic mass is 16.2. The van der Waals surface area contributed by atoms with Crippen molar-refractivity contribution in [2.24, 2.45) is 0 Å². The van der Waals surface area contributed by atoms with Crippen molar-refractivity contribution in [1.82, 2.24) is 0 Å². The third-order valence-electron chi connectivity index (χ3n) is 3.47. The molecule has 0 aliphatic carbocycles. The van der Waals surface area contributed by atoms with E-state index >= 15 is 0 Å². The van der Waals surface area contributed by atoms with E-state index in [0.717, 1.165) is 19.3 Å². The lowest BCUT2D eigenvalue weighted by Crippen LogP contribution is -1.84. The molecule has 1 nitrogen and oxygen atoms in total. The summed E-state index contributed by atoms with van der Waals surface area (Å²) in [6, 6.07) is 0. The van der Waals surface area contributed by atoms with E-state index < -0.39 is 0 Å². The molecule has 105 valence electrons. The molecule has 1 radical (unpaired) electrons. The van der Waals surface area contributed by atoms with Gasteiger partial charge in [-0.3, -0.25) is 0 Å². The van der Waals surface area contributed by atoms with Gasteiger partial charge in [-0.25, -0.2) is 5.11 Å². The molecule has 0 unspecified atom stereocenters. The lowest BCUT2D eigenvalue weighted by molar-refractivity contribution is 0.186. The van der Waals surface area contributed by atoms with Crippen molar-refractivity contribution in [2.45, 2.75) is 89.9 Å². The minimum Gasteiger partial charge on any atom is -0.237 e. The summed E-state index contributed by atoms with van der Waals surface area (Å²) in [6.07, 6.45) is 23.0. The Labute approximate surface area is 114 Å². The van der Waals surface area contributed by atoms with Crippen LogP contribution in [0.3, 0.4) is 0 Å². The van der Waals surface area contributed by atoms with E-state index in [4.69, 9.17) is 6.42 Å². The molecular weight excluding hydrogens is 220 g/mol. The molecular formula is C17H31O. The molecule has 18 heavy (non-hydrogen) atoms. The summed E-state index contributed by atoms with van der Waals surface area (Å²) in [7, 11) is 0. The highest BCUT2D eigenvalue weighted by molar-refractivity contribution is 4.82. The minimum absolute atomic E-state index is 0.112. The van der Waals surface area contributed by atoms with Crippen LogP contribution in [-0.2, 0) is 5.11 Å². The van der Waals surface area contributed by atoms with Crippen LogP contribution in [0.4, 0.5) is 0 Å². The van der Waals surface area contributed by atoms with Gasteiger partial charge in [-0.1, -0.05) is 70.6 Å². The van der Waals surface area contributed by atoms with Gasteiger partial charge in [0, 0.05) is 6.42 Å². The van der Waals surface area contributed by atoms with E-state index in [9.17, 15) is 5.11 Å². The zero-order valence-electron chi connectivity index (χ0n) is 12.1. The summed E-state index contributed by atoms with van der Waals surface area (Å²) < 4.78 is 0. The van der Waals surface area contributed by atoms with E-state index in [0.29, 0.717) is 0 Å². The Morgan fingerprint density at radius 3 is 1.22 bits per heavy atom. The average molecular weight is 251 g/mol. The summed E-state index contributed by atoms with van der Waals surface area (Å²) >= 11 is 0. The van der Waals surface area contributed by atoms with Crippen LogP contribution in [0, 0.1) is 12.3 Å². The predicted molar refractivity (Wildman–Crippen MR) is 79.0 cm³/mol. The zero-order chi connectivity index (χ0) is 13.3. The molecule has 0 spiro atoms. The third-order valence-corrected chi connectivity index (χ3v) is 3.47. The smallest absolute Gasteiger partial charge is 0.0822 e. The normalized spacial score (nSPS) is 10.4. The highest BCUT2D eigenvalue weighted by Crippen LogP contribution is 2.12. The minimum atomic E-state index is 0.112. The second-order valence-electron chi connectivity index (χ2n) is 5.25. The SMILES string of the molecule is C#CCCCCCCCCCCCCCCC[O]. The van der Waals surface area contributed by atoms with Crippen molar-refractivity contribution in [3.8, 4) is 12.3 Å². The number of rotatable bonds is 14. The first-order chi connectivity index (χ1) is 8.91. The maximum absolute atomic E-state index is 10.2. The number of hydrogen-bond acceptors (Lipinski definition) is 0. The molecule has 0 fully saturated rings. The third kappa shape index (κ3) is 15.5. The molecule has 0 saturated carbocycles. The first-order valence-electron chi connectivity index (χ1n) is 7.93. The van der Waals surface area contributed by atoms with Crippen LogP contribution in [-0.4, -0.2) is 6.61 Å². The van der Waals surface area contributed by atoms with E-state index in [1.165, 1.54) is 70.6 Å². The Morgan fingerprint density at radius 1 is 0.556 bits per heavy atom. The molecule has 0 aromatic heterocycles. The second kappa shape index (κ2) is 16.5. The fourth-order valence-corrected chi connectivity index (χ4v) is 2.27. The van der Waals surface area contributed by atoms with Gasteiger partial charge in [0.25, 0.3) is 0 Å². The van der Waals surface area contributed by atoms with Gasteiger partial charge in [-0.15, -0.1) is 12.3 Å². The van der Waals surface area contributed by atoms with Crippen LogP contribution in [0.2, 0.25) is 0 Å². The molecule has 0 aromatic carbocycles. The van der Waals surface area contributed by atoms with Crippen LogP contribution in [0.15, 0.2) is 0 Å². The van der Waals surface area contributed by atoms with Crippen molar-refractivity contribution in [2.75, 3.05) is 6.61 Å². The first-order valence-corrected chi connectivity index (χ1v) is 7.93.